The van der Waals surface area contributed by atoms with Crippen LogP contribution in [0.5, 0.6) is 11.5 Å². The van der Waals surface area contributed by atoms with Crippen LogP contribution in [0.2, 0.25) is 0 Å². The minimum atomic E-state index is 0.398. The topological polar surface area (TPSA) is 30.9 Å². The first-order chi connectivity index (χ1) is 9.78. The van der Waals surface area contributed by atoms with Crippen LogP contribution >= 0.6 is 0 Å². The van der Waals surface area contributed by atoms with Gasteiger partial charge < -0.3 is 19.1 Å². The molecule has 1 aliphatic heterocycles. The molecule has 0 N–H and O–H groups in total. The lowest BCUT2D eigenvalue weighted by molar-refractivity contribution is -0.00282. The molecule has 4 nitrogen and oxygen atoms in total. The second-order valence-electron chi connectivity index (χ2n) is 5.27. The van der Waals surface area contributed by atoms with E-state index in [1.165, 1.54) is 19.3 Å². The van der Waals surface area contributed by atoms with Crippen LogP contribution in [0.25, 0.3) is 0 Å². The molecule has 1 saturated heterocycles. The Kier molecular flexibility index (Phi) is 6.15. The summed E-state index contributed by atoms with van der Waals surface area (Å²) in [4.78, 5) is 2.28. The number of likely N-dealkylation sites (N-methyl/N-ethyl adjacent to an activating group) is 1. The largest absolute Gasteiger partial charge is 0.497 e. The molecule has 1 aliphatic rings. The smallest absolute Gasteiger partial charge is 0.119 e. The molecule has 0 saturated carbocycles. The van der Waals surface area contributed by atoms with Crippen molar-refractivity contribution in [1.82, 2.24) is 4.90 Å². The number of nitrogens with zero attached hydrogens (tertiary/aromatic N) is 1. The van der Waals surface area contributed by atoms with E-state index < -0.39 is 0 Å². The van der Waals surface area contributed by atoms with E-state index in [2.05, 4.69) is 11.9 Å². The SMILES string of the molecule is COc1ccc(OCCN(C)C[C@H]2CCCCO2)cc1. The van der Waals surface area contributed by atoms with Crippen molar-refractivity contribution in [2.45, 2.75) is 25.4 Å². The predicted molar refractivity (Wildman–Crippen MR) is 79.6 cm³/mol. The van der Waals surface area contributed by atoms with E-state index in [0.29, 0.717) is 12.7 Å². The quantitative estimate of drug-likeness (QED) is 0.767. The summed E-state index contributed by atoms with van der Waals surface area (Å²) in [6.07, 6.45) is 4.08. The first-order valence-electron chi connectivity index (χ1n) is 7.35. The molecule has 1 aromatic carbocycles. The average molecular weight is 279 g/mol. The molecule has 0 amide bonds. The van der Waals surface area contributed by atoms with Gasteiger partial charge in [0.2, 0.25) is 0 Å². The number of benzene rings is 1. The zero-order valence-corrected chi connectivity index (χ0v) is 12.5. The highest BCUT2D eigenvalue weighted by Gasteiger charge is 2.15. The van der Waals surface area contributed by atoms with E-state index in [-0.39, 0.29) is 0 Å². The normalized spacial score (nSPS) is 19.1. The predicted octanol–water partition coefficient (Wildman–Crippen LogP) is 2.57. The van der Waals surface area contributed by atoms with Crippen LogP contribution in [0.1, 0.15) is 19.3 Å². The van der Waals surface area contributed by atoms with Gasteiger partial charge in [-0.1, -0.05) is 0 Å². The lowest BCUT2D eigenvalue weighted by Crippen LogP contribution is -2.35. The zero-order valence-electron chi connectivity index (χ0n) is 12.5. The Labute approximate surface area is 121 Å². The Balaban J connectivity index is 1.63. The maximum absolute atomic E-state index is 5.74. The first kappa shape index (κ1) is 15.1. The van der Waals surface area contributed by atoms with E-state index in [1.54, 1.807) is 7.11 Å². The van der Waals surface area contributed by atoms with E-state index in [1.807, 2.05) is 24.3 Å². The summed E-state index contributed by atoms with van der Waals surface area (Å²) < 4.78 is 16.6. The Morgan fingerprint density at radius 3 is 2.60 bits per heavy atom. The highest BCUT2D eigenvalue weighted by atomic mass is 16.5. The summed E-state index contributed by atoms with van der Waals surface area (Å²) in [5.41, 5.74) is 0. The Bertz CT molecular complexity index is 374. The molecule has 2 rings (SSSR count). The standard InChI is InChI=1S/C16H25NO3/c1-17(13-16-5-3-4-11-19-16)10-12-20-15-8-6-14(18-2)7-9-15/h6-9,16H,3-5,10-13H2,1-2H3/t16-/m1/s1. The van der Waals surface area contributed by atoms with Gasteiger partial charge in [0, 0.05) is 19.7 Å². The van der Waals surface area contributed by atoms with Gasteiger partial charge in [-0.05, 0) is 50.6 Å². The van der Waals surface area contributed by atoms with E-state index >= 15 is 0 Å². The van der Waals surface area contributed by atoms with Crippen molar-refractivity contribution in [3.8, 4) is 11.5 Å². The van der Waals surface area contributed by atoms with Crippen LogP contribution in [-0.2, 0) is 4.74 Å². The van der Waals surface area contributed by atoms with Gasteiger partial charge in [-0.2, -0.15) is 0 Å². The molecule has 0 radical (unpaired) electrons. The molecule has 1 aromatic rings. The molecule has 1 fully saturated rings. The summed E-state index contributed by atoms with van der Waals surface area (Å²) in [6, 6.07) is 7.69. The number of hydrogen-bond acceptors (Lipinski definition) is 4. The summed E-state index contributed by atoms with van der Waals surface area (Å²) in [7, 11) is 3.79. The monoisotopic (exact) mass is 279 g/mol. The fraction of sp³-hybridized carbons (Fsp3) is 0.625. The third-order valence-electron chi connectivity index (χ3n) is 3.59. The first-order valence-corrected chi connectivity index (χ1v) is 7.35. The van der Waals surface area contributed by atoms with Gasteiger partial charge in [-0.15, -0.1) is 0 Å². The minimum absolute atomic E-state index is 0.398. The molecule has 0 aliphatic carbocycles. The molecule has 1 atom stereocenters. The van der Waals surface area contributed by atoms with Crippen molar-refractivity contribution in [3.63, 3.8) is 0 Å². The number of ether oxygens (including phenoxy) is 3. The minimum Gasteiger partial charge on any atom is -0.497 e. The molecule has 0 bridgehead atoms. The summed E-state index contributed by atoms with van der Waals surface area (Å²) >= 11 is 0. The maximum Gasteiger partial charge on any atom is 0.119 e. The van der Waals surface area contributed by atoms with Gasteiger partial charge in [0.25, 0.3) is 0 Å². The molecular weight excluding hydrogens is 254 g/mol. The number of methoxy groups -OCH3 is 1. The van der Waals surface area contributed by atoms with Crippen molar-refractivity contribution in [2.24, 2.45) is 0 Å². The molecule has 1 heterocycles. The van der Waals surface area contributed by atoms with E-state index in [9.17, 15) is 0 Å². The third kappa shape index (κ3) is 5.02. The molecule has 112 valence electrons. The molecule has 4 heteroatoms. The van der Waals surface area contributed by atoms with Crippen molar-refractivity contribution in [3.05, 3.63) is 24.3 Å². The van der Waals surface area contributed by atoms with Gasteiger partial charge in [-0.25, -0.2) is 0 Å². The fourth-order valence-electron chi connectivity index (χ4n) is 2.38. The fourth-order valence-corrected chi connectivity index (χ4v) is 2.38. The van der Waals surface area contributed by atoms with Gasteiger partial charge in [-0.3, -0.25) is 0 Å². The van der Waals surface area contributed by atoms with Crippen LogP contribution < -0.4 is 9.47 Å². The molecular formula is C16H25NO3. The summed E-state index contributed by atoms with van der Waals surface area (Å²) in [5, 5.41) is 0. The lowest BCUT2D eigenvalue weighted by atomic mass is 10.1. The van der Waals surface area contributed by atoms with E-state index in [4.69, 9.17) is 14.2 Å². The van der Waals surface area contributed by atoms with Crippen molar-refractivity contribution in [2.75, 3.05) is 40.5 Å². The van der Waals surface area contributed by atoms with Crippen LogP contribution in [0.15, 0.2) is 24.3 Å². The zero-order chi connectivity index (χ0) is 14.2. The van der Waals surface area contributed by atoms with Crippen LogP contribution in [0.3, 0.4) is 0 Å². The third-order valence-corrected chi connectivity index (χ3v) is 3.59. The van der Waals surface area contributed by atoms with Gasteiger partial charge in [0.05, 0.1) is 13.2 Å². The van der Waals surface area contributed by atoms with Crippen LogP contribution in [0.4, 0.5) is 0 Å². The molecule has 0 spiro atoms. The van der Waals surface area contributed by atoms with Crippen molar-refractivity contribution < 1.29 is 14.2 Å². The maximum atomic E-state index is 5.74. The lowest BCUT2D eigenvalue weighted by Gasteiger charge is -2.27. The van der Waals surface area contributed by atoms with Crippen molar-refractivity contribution >= 4 is 0 Å². The van der Waals surface area contributed by atoms with Crippen LogP contribution in [-0.4, -0.2) is 51.5 Å². The second-order valence-corrected chi connectivity index (χ2v) is 5.27. The number of hydrogen-bond donors (Lipinski definition) is 0. The van der Waals surface area contributed by atoms with E-state index in [0.717, 1.165) is 31.2 Å². The molecule has 0 aromatic heterocycles. The Morgan fingerprint density at radius 2 is 1.95 bits per heavy atom. The van der Waals surface area contributed by atoms with Gasteiger partial charge >= 0.3 is 0 Å². The molecule has 20 heavy (non-hydrogen) atoms. The van der Waals surface area contributed by atoms with Gasteiger partial charge in [0.1, 0.15) is 18.1 Å². The summed E-state index contributed by atoms with van der Waals surface area (Å²) in [6.45, 7) is 3.51. The highest BCUT2D eigenvalue weighted by Crippen LogP contribution is 2.17. The molecule has 0 unspecified atom stereocenters. The average Bonchev–Trinajstić information content (AvgIpc) is 2.49. The van der Waals surface area contributed by atoms with Crippen LogP contribution in [0, 0.1) is 0 Å². The number of rotatable bonds is 7. The highest BCUT2D eigenvalue weighted by molar-refractivity contribution is 5.31. The Morgan fingerprint density at radius 1 is 1.20 bits per heavy atom. The summed E-state index contributed by atoms with van der Waals surface area (Å²) in [5.74, 6) is 1.73. The second kappa shape index (κ2) is 8.12. The van der Waals surface area contributed by atoms with Gasteiger partial charge in [0.15, 0.2) is 0 Å². The van der Waals surface area contributed by atoms with Crippen molar-refractivity contribution in [1.29, 1.82) is 0 Å². The Hall–Kier alpha value is -1.26.